The molecule has 0 radical (unpaired) electrons. The number of aryl methyl sites for hydroxylation is 1. The minimum absolute atomic E-state index is 0.0140. The van der Waals surface area contributed by atoms with Crippen molar-refractivity contribution in [2.24, 2.45) is 0 Å². The highest BCUT2D eigenvalue weighted by molar-refractivity contribution is 7.92. The number of carbonyl (C=O) groups is 2. The molecule has 0 aromatic heterocycles. The molecule has 0 aliphatic heterocycles. The lowest BCUT2D eigenvalue weighted by atomic mass is 10.0. The minimum atomic E-state index is -3.84. The molecule has 0 bridgehead atoms. The van der Waals surface area contributed by atoms with Crippen LogP contribution in [0.3, 0.4) is 0 Å². The normalized spacial score (nSPS) is 14.5. The lowest BCUT2D eigenvalue weighted by Crippen LogP contribution is -2.54. The van der Waals surface area contributed by atoms with E-state index in [1.807, 2.05) is 30.3 Å². The Labute approximate surface area is 236 Å². The van der Waals surface area contributed by atoms with Crippen molar-refractivity contribution >= 4 is 27.5 Å². The number of hydrogen-bond acceptors (Lipinski definition) is 4. The van der Waals surface area contributed by atoms with Crippen molar-refractivity contribution < 1.29 is 22.4 Å². The molecule has 2 amide bonds. The van der Waals surface area contributed by atoms with Crippen LogP contribution in [-0.4, -0.2) is 50.0 Å². The van der Waals surface area contributed by atoms with Gasteiger partial charge in [0.25, 0.3) is 0 Å². The van der Waals surface area contributed by atoms with E-state index in [2.05, 4.69) is 5.32 Å². The van der Waals surface area contributed by atoms with E-state index in [1.165, 1.54) is 17.0 Å². The van der Waals surface area contributed by atoms with E-state index in [1.54, 1.807) is 43.3 Å². The largest absolute Gasteiger partial charge is 0.352 e. The third-order valence-corrected chi connectivity index (χ3v) is 8.43. The number of benzene rings is 3. The third-order valence-electron chi connectivity index (χ3n) is 7.30. The molecule has 0 spiro atoms. The Morgan fingerprint density at radius 2 is 1.55 bits per heavy atom. The van der Waals surface area contributed by atoms with Crippen LogP contribution in [0.2, 0.25) is 0 Å². The van der Waals surface area contributed by atoms with Crippen molar-refractivity contribution in [3.8, 4) is 0 Å². The highest BCUT2D eigenvalue weighted by atomic mass is 32.2. The standard InChI is InChI=1S/C31H36FN3O4S/c1-23-10-6-9-15-28(23)35(40(2,38)39)22-30(36)34(21-25-16-18-26(32)19-17-25)29(20-24-11-4-3-5-12-24)31(37)33-27-13-7-8-14-27/h3-6,9-12,15-19,27,29H,7-8,13-14,20-22H2,1-2H3,(H,33,37)/t29-/m0/s1. The average molecular weight is 566 g/mol. The fraction of sp³-hybridized carbons (Fsp3) is 0.355. The molecule has 1 aliphatic rings. The van der Waals surface area contributed by atoms with Gasteiger partial charge in [-0.25, -0.2) is 12.8 Å². The van der Waals surface area contributed by atoms with Crippen LogP contribution in [0.15, 0.2) is 78.9 Å². The monoisotopic (exact) mass is 565 g/mol. The molecule has 0 unspecified atom stereocenters. The summed E-state index contributed by atoms with van der Waals surface area (Å²) in [6.07, 6.45) is 5.13. The predicted octanol–water partition coefficient (Wildman–Crippen LogP) is 4.60. The van der Waals surface area contributed by atoms with Crippen LogP contribution in [0.1, 0.15) is 42.4 Å². The van der Waals surface area contributed by atoms with Crippen LogP contribution in [0.25, 0.3) is 0 Å². The molecule has 1 aliphatic carbocycles. The first-order valence-electron chi connectivity index (χ1n) is 13.5. The van der Waals surface area contributed by atoms with Gasteiger partial charge in [0.2, 0.25) is 21.8 Å². The lowest BCUT2D eigenvalue weighted by Gasteiger charge is -2.34. The summed E-state index contributed by atoms with van der Waals surface area (Å²) in [5.41, 5.74) is 2.59. The molecule has 0 heterocycles. The fourth-order valence-corrected chi connectivity index (χ4v) is 6.05. The molecule has 3 aromatic carbocycles. The molecular formula is C31H36FN3O4S. The number of rotatable bonds is 11. The van der Waals surface area contributed by atoms with Crippen LogP contribution in [0.4, 0.5) is 10.1 Å². The first-order valence-corrected chi connectivity index (χ1v) is 15.4. The van der Waals surface area contributed by atoms with Crippen LogP contribution < -0.4 is 9.62 Å². The van der Waals surface area contributed by atoms with Gasteiger partial charge in [-0.2, -0.15) is 0 Å². The summed E-state index contributed by atoms with van der Waals surface area (Å²) in [5, 5.41) is 3.13. The SMILES string of the molecule is Cc1ccccc1N(CC(=O)N(Cc1ccc(F)cc1)[C@@H](Cc1ccccc1)C(=O)NC1CCCC1)S(C)(=O)=O. The molecule has 9 heteroatoms. The molecule has 40 heavy (non-hydrogen) atoms. The maximum Gasteiger partial charge on any atom is 0.244 e. The number of nitrogens with zero attached hydrogens (tertiary/aromatic N) is 2. The summed E-state index contributed by atoms with van der Waals surface area (Å²) in [6, 6.07) is 21.2. The number of halogens is 1. The van der Waals surface area contributed by atoms with Gasteiger partial charge >= 0.3 is 0 Å². The molecule has 0 saturated heterocycles. The zero-order chi connectivity index (χ0) is 28.7. The van der Waals surface area contributed by atoms with Gasteiger partial charge in [0, 0.05) is 19.0 Å². The Kier molecular flexibility index (Phi) is 9.58. The summed E-state index contributed by atoms with van der Waals surface area (Å²) in [6.45, 7) is 1.31. The van der Waals surface area contributed by atoms with Crippen molar-refractivity contribution in [2.75, 3.05) is 17.1 Å². The van der Waals surface area contributed by atoms with Gasteiger partial charge in [-0.15, -0.1) is 0 Å². The maximum atomic E-state index is 14.1. The second kappa shape index (κ2) is 13.1. The van der Waals surface area contributed by atoms with Crippen molar-refractivity contribution in [3.63, 3.8) is 0 Å². The second-order valence-electron chi connectivity index (χ2n) is 10.4. The Morgan fingerprint density at radius 3 is 2.17 bits per heavy atom. The summed E-state index contributed by atoms with van der Waals surface area (Å²) >= 11 is 0. The van der Waals surface area contributed by atoms with Gasteiger partial charge in [-0.05, 0) is 54.7 Å². The maximum absolute atomic E-state index is 14.1. The Morgan fingerprint density at radius 1 is 0.925 bits per heavy atom. The number of nitrogens with one attached hydrogen (secondary N) is 1. The average Bonchev–Trinajstić information content (AvgIpc) is 3.43. The zero-order valence-corrected chi connectivity index (χ0v) is 23.7. The predicted molar refractivity (Wildman–Crippen MR) is 155 cm³/mol. The van der Waals surface area contributed by atoms with E-state index in [4.69, 9.17) is 0 Å². The van der Waals surface area contributed by atoms with Gasteiger partial charge in [-0.1, -0.05) is 73.5 Å². The van der Waals surface area contributed by atoms with Gasteiger partial charge < -0.3 is 10.2 Å². The second-order valence-corrected chi connectivity index (χ2v) is 12.3. The van der Waals surface area contributed by atoms with E-state index < -0.39 is 34.3 Å². The first-order chi connectivity index (χ1) is 19.1. The summed E-state index contributed by atoms with van der Waals surface area (Å²) in [4.78, 5) is 29.3. The van der Waals surface area contributed by atoms with E-state index >= 15 is 0 Å². The number of para-hydroxylation sites is 1. The van der Waals surface area contributed by atoms with E-state index in [-0.39, 0.29) is 24.9 Å². The van der Waals surface area contributed by atoms with Crippen LogP contribution >= 0.6 is 0 Å². The zero-order valence-electron chi connectivity index (χ0n) is 22.9. The summed E-state index contributed by atoms with van der Waals surface area (Å²) in [5.74, 6) is -1.22. The molecule has 4 rings (SSSR count). The number of amides is 2. The Balaban J connectivity index is 1.72. The molecule has 1 fully saturated rings. The molecule has 1 saturated carbocycles. The molecule has 1 atom stereocenters. The van der Waals surface area contributed by atoms with Crippen molar-refractivity contribution in [2.45, 2.75) is 57.7 Å². The molecule has 3 aromatic rings. The van der Waals surface area contributed by atoms with E-state index in [0.29, 0.717) is 16.8 Å². The summed E-state index contributed by atoms with van der Waals surface area (Å²) < 4.78 is 40.6. The first kappa shape index (κ1) is 29.3. The van der Waals surface area contributed by atoms with Crippen LogP contribution in [0.5, 0.6) is 0 Å². The molecule has 1 N–H and O–H groups in total. The van der Waals surface area contributed by atoms with Gasteiger partial charge in [0.1, 0.15) is 18.4 Å². The highest BCUT2D eigenvalue weighted by Gasteiger charge is 2.34. The van der Waals surface area contributed by atoms with Crippen molar-refractivity contribution in [3.05, 3.63) is 101 Å². The molecule has 212 valence electrons. The number of sulfonamides is 1. The highest BCUT2D eigenvalue weighted by Crippen LogP contribution is 2.24. The number of anilines is 1. The number of carbonyl (C=O) groups excluding carboxylic acids is 2. The van der Waals surface area contributed by atoms with Gasteiger partial charge in [0.05, 0.1) is 11.9 Å². The third kappa shape index (κ3) is 7.69. The van der Waals surface area contributed by atoms with Gasteiger partial charge in [0.15, 0.2) is 0 Å². The topological polar surface area (TPSA) is 86.8 Å². The van der Waals surface area contributed by atoms with E-state index in [9.17, 15) is 22.4 Å². The molecule has 7 nitrogen and oxygen atoms in total. The smallest absolute Gasteiger partial charge is 0.244 e. The Hall–Kier alpha value is -3.72. The van der Waals surface area contributed by atoms with Gasteiger partial charge in [-0.3, -0.25) is 13.9 Å². The fourth-order valence-electron chi connectivity index (χ4n) is 5.15. The number of hydrogen-bond donors (Lipinski definition) is 1. The quantitative estimate of drug-likeness (QED) is 0.368. The Bertz CT molecular complexity index is 1410. The van der Waals surface area contributed by atoms with Crippen LogP contribution in [-0.2, 0) is 32.6 Å². The van der Waals surface area contributed by atoms with Crippen LogP contribution in [0, 0.1) is 12.7 Å². The molecular weight excluding hydrogens is 529 g/mol. The van der Waals surface area contributed by atoms with Crippen molar-refractivity contribution in [1.82, 2.24) is 10.2 Å². The summed E-state index contributed by atoms with van der Waals surface area (Å²) in [7, 11) is -3.84. The lowest BCUT2D eigenvalue weighted by molar-refractivity contribution is -0.140. The minimum Gasteiger partial charge on any atom is -0.352 e. The van der Waals surface area contributed by atoms with Crippen molar-refractivity contribution in [1.29, 1.82) is 0 Å². The van der Waals surface area contributed by atoms with E-state index in [0.717, 1.165) is 41.8 Å².